The summed E-state index contributed by atoms with van der Waals surface area (Å²) in [5.74, 6) is -1.58. The number of halogens is 2. The van der Waals surface area contributed by atoms with Gasteiger partial charge in [0.2, 0.25) is 11.8 Å². The van der Waals surface area contributed by atoms with Crippen LogP contribution in [0.25, 0.3) is 10.1 Å². The number of piperidine rings is 1. The molecule has 10 nitrogen and oxygen atoms in total. The van der Waals surface area contributed by atoms with E-state index in [4.69, 9.17) is 9.79 Å². The topological polar surface area (TPSA) is 151 Å². The van der Waals surface area contributed by atoms with Gasteiger partial charge in [0.05, 0.1) is 16.9 Å². The van der Waals surface area contributed by atoms with E-state index < -0.39 is 36.8 Å². The van der Waals surface area contributed by atoms with Crippen molar-refractivity contribution >= 4 is 46.7 Å². The van der Waals surface area contributed by atoms with Gasteiger partial charge in [-0.3, -0.25) is 18.9 Å². The highest BCUT2D eigenvalue weighted by Crippen LogP contribution is 2.59. The van der Waals surface area contributed by atoms with E-state index >= 15 is 0 Å². The molecular weight excluding hydrogens is 649 g/mol. The number of hydrogen-bond acceptors (Lipinski definition) is 6. The lowest BCUT2D eigenvalue weighted by atomic mass is 9.88. The fourth-order valence-electron chi connectivity index (χ4n) is 7.21. The third-order valence-electron chi connectivity index (χ3n) is 9.65. The zero-order chi connectivity index (χ0) is 33.5. The maximum atomic E-state index is 14.3. The Morgan fingerprint density at radius 1 is 1.00 bits per heavy atom. The minimum atomic E-state index is -5.77. The van der Waals surface area contributed by atoms with Crippen molar-refractivity contribution < 1.29 is 37.5 Å². The molecule has 0 saturated carbocycles. The van der Waals surface area contributed by atoms with Gasteiger partial charge >= 0.3 is 13.3 Å². The first kappa shape index (κ1) is 33.2. The van der Waals surface area contributed by atoms with E-state index in [9.17, 15) is 33.0 Å². The molecule has 1 unspecified atom stereocenters. The molecule has 3 saturated heterocycles. The number of nitriles is 1. The quantitative estimate of drug-likeness (QED) is 0.298. The maximum absolute atomic E-state index is 14.3. The molecule has 3 aliphatic rings. The highest BCUT2D eigenvalue weighted by Gasteiger charge is 2.50. The van der Waals surface area contributed by atoms with Gasteiger partial charge in [-0.25, -0.2) is 0 Å². The molecule has 3 amide bonds. The van der Waals surface area contributed by atoms with Gasteiger partial charge in [-0.15, -0.1) is 11.3 Å². The van der Waals surface area contributed by atoms with E-state index in [-0.39, 0.29) is 46.5 Å². The monoisotopic (exact) mass is 684 g/mol. The number of alkyl halides is 2. The Morgan fingerprint density at radius 2 is 1.72 bits per heavy atom. The van der Waals surface area contributed by atoms with Crippen molar-refractivity contribution in [1.82, 2.24) is 15.1 Å². The van der Waals surface area contributed by atoms with Crippen molar-refractivity contribution in [3.8, 4) is 6.07 Å². The average Bonchev–Trinajstić information content (AvgIpc) is 3.69. The summed E-state index contributed by atoms with van der Waals surface area (Å²) in [4.78, 5) is 63.5. The molecule has 3 aromatic rings. The second-order valence-electron chi connectivity index (χ2n) is 12.6. The van der Waals surface area contributed by atoms with Crippen LogP contribution in [0.15, 0.2) is 54.6 Å². The van der Waals surface area contributed by atoms with Crippen LogP contribution in [-0.4, -0.2) is 68.5 Å². The Labute approximate surface area is 274 Å². The molecule has 5 atom stereocenters. The van der Waals surface area contributed by atoms with Crippen LogP contribution in [0, 0.1) is 17.2 Å². The van der Waals surface area contributed by atoms with Gasteiger partial charge in [0.1, 0.15) is 12.1 Å². The van der Waals surface area contributed by atoms with Crippen LogP contribution >= 0.6 is 18.9 Å². The third kappa shape index (κ3) is 6.44. The SMILES string of the molecule is N#C[C@@H]1CN(C(=O)[C@@H]2CCC[C@@H]3CCCC[C@H](NC(=O)c4cc5cc(C(F)(F)P(=O)(O)O)ccc5s4)C(=O)N32)CC1c1ccccc1. The number of nitrogens with one attached hydrogen (secondary N) is 1. The number of nitrogens with zero attached hydrogens (tertiary/aromatic N) is 3. The molecule has 0 spiro atoms. The van der Waals surface area contributed by atoms with Gasteiger partial charge in [0.15, 0.2) is 0 Å². The number of thiophene rings is 1. The van der Waals surface area contributed by atoms with Crippen molar-refractivity contribution in [3.63, 3.8) is 0 Å². The predicted molar refractivity (Wildman–Crippen MR) is 171 cm³/mol. The Balaban J connectivity index is 1.21. The molecule has 0 radical (unpaired) electrons. The Morgan fingerprint density at radius 3 is 2.45 bits per heavy atom. The summed E-state index contributed by atoms with van der Waals surface area (Å²) < 4.78 is 40.4. The number of carbonyl (C=O) groups excluding carboxylic acids is 3. The number of likely N-dealkylation sites (tertiary alicyclic amines) is 1. The highest BCUT2D eigenvalue weighted by atomic mass is 32.1. The Bertz CT molecular complexity index is 1780. The predicted octanol–water partition coefficient (Wildman–Crippen LogP) is 5.32. The van der Waals surface area contributed by atoms with Crippen LogP contribution in [0.2, 0.25) is 0 Å². The lowest BCUT2D eigenvalue weighted by Gasteiger charge is -2.45. The lowest BCUT2D eigenvalue weighted by Crippen LogP contribution is -2.61. The van der Waals surface area contributed by atoms with E-state index in [2.05, 4.69) is 11.4 Å². The molecule has 3 N–H and O–H groups in total. The number of fused-ring (bicyclic) bond motifs is 2. The summed E-state index contributed by atoms with van der Waals surface area (Å²) >= 11 is 1.01. The fourth-order valence-corrected chi connectivity index (χ4v) is 8.63. The van der Waals surface area contributed by atoms with Gasteiger partial charge in [-0.2, -0.15) is 14.0 Å². The minimum absolute atomic E-state index is 0.125. The average molecular weight is 685 g/mol. The normalized spacial score (nSPS) is 25.5. The minimum Gasteiger partial charge on any atom is -0.340 e. The van der Waals surface area contributed by atoms with E-state index in [0.717, 1.165) is 54.7 Å². The molecular formula is C33H35F2N4O6PS. The standard InChI is InChI=1S/C33H35F2N4O6PS/c34-33(35,46(43,44)45)23-13-14-28-21(15-23)16-29(47-28)30(40)37-26-11-5-4-9-24-10-6-12-27(39(24)31(26)41)32(42)38-18-22(17-36)25(19-38)20-7-2-1-3-8-20/h1-3,7-8,13-16,22,24-27H,4-6,9-12,18-19H2,(H,37,40)(H2,43,44,45)/t22-,24+,25?,26+,27+/m1/s1. The first-order valence-corrected chi connectivity index (χ1v) is 18.2. The van der Waals surface area contributed by atoms with Crippen LogP contribution in [0.5, 0.6) is 0 Å². The summed E-state index contributed by atoms with van der Waals surface area (Å²) in [6, 6.07) is 14.8. The number of rotatable bonds is 6. The van der Waals surface area contributed by atoms with Crippen LogP contribution in [0.4, 0.5) is 8.78 Å². The number of carbonyl (C=O) groups is 3. The Kier molecular flexibility index (Phi) is 9.24. The first-order valence-electron chi connectivity index (χ1n) is 15.7. The molecule has 1 aromatic heterocycles. The smallest absolute Gasteiger partial charge is 0.340 e. The van der Waals surface area contributed by atoms with Crippen molar-refractivity contribution in [2.45, 2.75) is 74.7 Å². The Hall–Kier alpha value is -3.69. The second kappa shape index (κ2) is 13.1. The molecule has 4 heterocycles. The summed E-state index contributed by atoms with van der Waals surface area (Å²) in [5.41, 5.74) is -4.25. The number of amides is 3. The molecule has 0 aliphatic carbocycles. The number of hydrogen-bond donors (Lipinski definition) is 3. The maximum Gasteiger partial charge on any atom is 0.399 e. The summed E-state index contributed by atoms with van der Waals surface area (Å²) in [6.45, 7) is 0.671. The van der Waals surface area contributed by atoms with Gasteiger partial charge < -0.3 is 24.9 Å². The molecule has 6 rings (SSSR count). The molecule has 14 heteroatoms. The van der Waals surface area contributed by atoms with Crippen molar-refractivity contribution in [3.05, 3.63) is 70.6 Å². The third-order valence-corrected chi connectivity index (χ3v) is 11.8. The van der Waals surface area contributed by atoms with Crippen molar-refractivity contribution in [2.24, 2.45) is 5.92 Å². The van der Waals surface area contributed by atoms with Crippen LogP contribution in [0.1, 0.15) is 71.7 Å². The zero-order valence-electron chi connectivity index (χ0n) is 25.4. The summed E-state index contributed by atoms with van der Waals surface area (Å²) in [7, 11) is -5.77. The lowest BCUT2D eigenvalue weighted by molar-refractivity contribution is -0.152. The largest absolute Gasteiger partial charge is 0.399 e. The van der Waals surface area contributed by atoms with Gasteiger partial charge in [-0.1, -0.05) is 49.2 Å². The molecule has 3 fully saturated rings. The van der Waals surface area contributed by atoms with E-state index in [1.165, 1.54) is 12.1 Å². The molecule has 2 aromatic carbocycles. The zero-order valence-corrected chi connectivity index (χ0v) is 27.1. The van der Waals surface area contributed by atoms with E-state index in [1.807, 2.05) is 30.3 Å². The number of benzene rings is 2. The van der Waals surface area contributed by atoms with Gasteiger partial charge in [0, 0.05) is 35.3 Å². The van der Waals surface area contributed by atoms with Gasteiger partial charge in [0.25, 0.3) is 5.91 Å². The molecule has 47 heavy (non-hydrogen) atoms. The van der Waals surface area contributed by atoms with Gasteiger partial charge in [-0.05, 0) is 61.3 Å². The van der Waals surface area contributed by atoms with E-state index in [0.29, 0.717) is 30.5 Å². The van der Waals surface area contributed by atoms with E-state index in [1.54, 1.807) is 9.80 Å². The fraction of sp³-hybridized carbons (Fsp3) is 0.455. The molecule has 3 aliphatic heterocycles. The summed E-state index contributed by atoms with van der Waals surface area (Å²) in [6.07, 6.45) is 4.66. The first-order chi connectivity index (χ1) is 22.4. The second-order valence-corrected chi connectivity index (χ2v) is 15.3. The molecule has 0 bridgehead atoms. The van der Waals surface area contributed by atoms with Crippen molar-refractivity contribution in [2.75, 3.05) is 13.1 Å². The van der Waals surface area contributed by atoms with Crippen LogP contribution < -0.4 is 5.32 Å². The highest BCUT2D eigenvalue weighted by molar-refractivity contribution is 7.52. The van der Waals surface area contributed by atoms with Crippen LogP contribution in [-0.2, 0) is 19.8 Å². The molecule has 248 valence electrons. The van der Waals surface area contributed by atoms with Crippen LogP contribution in [0.3, 0.4) is 0 Å². The van der Waals surface area contributed by atoms with Crippen molar-refractivity contribution in [1.29, 1.82) is 5.26 Å². The summed E-state index contributed by atoms with van der Waals surface area (Å²) in [5, 5.41) is 12.9.